The van der Waals surface area contributed by atoms with E-state index in [4.69, 9.17) is 0 Å². The third kappa shape index (κ3) is 2.55. The van der Waals surface area contributed by atoms with E-state index >= 15 is 0 Å². The van der Waals surface area contributed by atoms with Crippen molar-refractivity contribution in [3.05, 3.63) is 47.3 Å². The number of pyridine rings is 1. The van der Waals surface area contributed by atoms with Gasteiger partial charge >= 0.3 is 0 Å². The highest BCUT2D eigenvalue weighted by atomic mass is 79.9. The van der Waals surface area contributed by atoms with E-state index < -0.39 is 0 Å². The molecule has 0 atom stereocenters. The van der Waals surface area contributed by atoms with Gasteiger partial charge in [-0.15, -0.1) is 0 Å². The number of halogens is 1. The molecular formula is C14H12BrN5. The molecule has 3 rings (SSSR count). The van der Waals surface area contributed by atoms with Gasteiger partial charge in [0.1, 0.15) is 5.82 Å². The van der Waals surface area contributed by atoms with Gasteiger partial charge in [-0.2, -0.15) is 0 Å². The largest absolute Gasteiger partial charge is 0.372 e. The van der Waals surface area contributed by atoms with Gasteiger partial charge in [-0.1, -0.05) is 12.1 Å². The lowest BCUT2D eigenvalue weighted by atomic mass is 10.2. The summed E-state index contributed by atoms with van der Waals surface area (Å²) in [5, 5.41) is 7.27. The summed E-state index contributed by atoms with van der Waals surface area (Å²) in [6.45, 7) is 0. The Hall–Kier alpha value is -2.21. The predicted octanol–water partition coefficient (Wildman–Crippen LogP) is 3.57. The zero-order chi connectivity index (χ0) is 13.9. The number of benzene rings is 1. The molecule has 0 fully saturated rings. The van der Waals surface area contributed by atoms with Crippen LogP contribution in [0.4, 0.5) is 17.3 Å². The monoisotopic (exact) mass is 329 g/mol. The number of hydrogen-bond donors (Lipinski definition) is 2. The molecule has 100 valence electrons. The summed E-state index contributed by atoms with van der Waals surface area (Å²) >= 11 is 3.43. The molecule has 0 saturated heterocycles. The molecule has 6 heteroatoms. The van der Waals surface area contributed by atoms with Crippen molar-refractivity contribution in [2.75, 3.05) is 17.7 Å². The maximum absolute atomic E-state index is 4.45. The standard InChI is InChI=1S/C14H12BrN5/c1-16-12-7-17-8-13(20-12)19-11-4-2-3-9-5-10(15)6-18-14(9)11/h2-8H,1H3,(H2,16,19,20). The Labute approximate surface area is 124 Å². The number of aromatic nitrogens is 3. The molecule has 0 bridgehead atoms. The van der Waals surface area contributed by atoms with E-state index in [0.717, 1.165) is 21.1 Å². The number of nitrogens with one attached hydrogen (secondary N) is 2. The van der Waals surface area contributed by atoms with E-state index in [1.54, 1.807) is 18.6 Å². The van der Waals surface area contributed by atoms with E-state index in [2.05, 4.69) is 41.5 Å². The van der Waals surface area contributed by atoms with Crippen LogP contribution in [-0.4, -0.2) is 22.0 Å². The van der Waals surface area contributed by atoms with Crippen molar-refractivity contribution in [2.24, 2.45) is 0 Å². The SMILES string of the molecule is CNc1cncc(Nc2cccc3cc(Br)cnc23)n1. The van der Waals surface area contributed by atoms with E-state index in [-0.39, 0.29) is 0 Å². The molecule has 0 amide bonds. The van der Waals surface area contributed by atoms with Crippen LogP contribution in [0.25, 0.3) is 10.9 Å². The molecule has 0 unspecified atom stereocenters. The third-order valence-electron chi connectivity index (χ3n) is 2.83. The van der Waals surface area contributed by atoms with Crippen LogP contribution in [0.5, 0.6) is 0 Å². The highest BCUT2D eigenvalue weighted by Gasteiger charge is 2.04. The molecule has 0 aliphatic carbocycles. The van der Waals surface area contributed by atoms with Crippen LogP contribution in [0.1, 0.15) is 0 Å². The zero-order valence-electron chi connectivity index (χ0n) is 10.8. The first-order valence-electron chi connectivity index (χ1n) is 6.07. The summed E-state index contributed by atoms with van der Waals surface area (Å²) in [6.07, 6.45) is 5.13. The Bertz CT molecular complexity index is 759. The second kappa shape index (κ2) is 5.42. The maximum atomic E-state index is 4.45. The molecule has 5 nitrogen and oxygen atoms in total. The van der Waals surface area contributed by atoms with E-state index in [0.29, 0.717) is 11.6 Å². The molecule has 3 aromatic rings. The van der Waals surface area contributed by atoms with Gasteiger partial charge in [0.2, 0.25) is 0 Å². The van der Waals surface area contributed by atoms with Gasteiger partial charge < -0.3 is 10.6 Å². The maximum Gasteiger partial charge on any atom is 0.151 e. The molecule has 0 spiro atoms. The van der Waals surface area contributed by atoms with Crippen LogP contribution in [0.3, 0.4) is 0 Å². The smallest absolute Gasteiger partial charge is 0.151 e. The summed E-state index contributed by atoms with van der Waals surface area (Å²) < 4.78 is 0.958. The van der Waals surface area contributed by atoms with Gasteiger partial charge in [0.25, 0.3) is 0 Å². The highest BCUT2D eigenvalue weighted by molar-refractivity contribution is 9.10. The fourth-order valence-electron chi connectivity index (χ4n) is 1.92. The van der Waals surface area contributed by atoms with Gasteiger partial charge in [-0.3, -0.25) is 9.97 Å². The average Bonchev–Trinajstić information content (AvgIpc) is 2.47. The molecular weight excluding hydrogens is 318 g/mol. The van der Waals surface area contributed by atoms with E-state index in [1.165, 1.54) is 0 Å². The van der Waals surface area contributed by atoms with Crippen LogP contribution < -0.4 is 10.6 Å². The molecule has 20 heavy (non-hydrogen) atoms. The summed E-state index contributed by atoms with van der Waals surface area (Å²) in [6, 6.07) is 8.00. The summed E-state index contributed by atoms with van der Waals surface area (Å²) in [4.78, 5) is 13.0. The Morgan fingerprint density at radius 2 is 1.95 bits per heavy atom. The zero-order valence-corrected chi connectivity index (χ0v) is 12.3. The quantitative estimate of drug-likeness (QED) is 0.769. The van der Waals surface area contributed by atoms with Crippen molar-refractivity contribution in [1.29, 1.82) is 0 Å². The van der Waals surface area contributed by atoms with E-state index in [1.807, 2.05) is 31.3 Å². The first-order valence-corrected chi connectivity index (χ1v) is 6.86. The van der Waals surface area contributed by atoms with Gasteiger partial charge in [0, 0.05) is 23.1 Å². The van der Waals surface area contributed by atoms with Crippen molar-refractivity contribution in [1.82, 2.24) is 15.0 Å². The van der Waals surface area contributed by atoms with E-state index in [9.17, 15) is 0 Å². The number of hydrogen-bond acceptors (Lipinski definition) is 5. The predicted molar refractivity (Wildman–Crippen MR) is 84.3 cm³/mol. The average molecular weight is 330 g/mol. The Morgan fingerprint density at radius 3 is 2.80 bits per heavy atom. The minimum atomic E-state index is 0.675. The first-order chi connectivity index (χ1) is 9.76. The topological polar surface area (TPSA) is 62.7 Å². The molecule has 0 saturated carbocycles. The first kappa shape index (κ1) is 12.8. The lowest BCUT2D eigenvalue weighted by molar-refractivity contribution is 1.18. The molecule has 0 aliphatic heterocycles. The van der Waals surface area contributed by atoms with Crippen LogP contribution in [0.2, 0.25) is 0 Å². The molecule has 1 aromatic carbocycles. The highest BCUT2D eigenvalue weighted by Crippen LogP contribution is 2.26. The van der Waals surface area contributed by atoms with Gasteiger partial charge in [-0.25, -0.2) is 4.98 Å². The lowest BCUT2D eigenvalue weighted by Gasteiger charge is -2.09. The Kier molecular flexibility index (Phi) is 3.47. The molecule has 0 aliphatic rings. The third-order valence-corrected chi connectivity index (χ3v) is 3.26. The minimum Gasteiger partial charge on any atom is -0.372 e. The normalized spacial score (nSPS) is 10.5. The number of para-hydroxylation sites is 1. The Balaban J connectivity index is 2.02. The molecule has 0 radical (unpaired) electrons. The van der Waals surface area contributed by atoms with Crippen LogP contribution >= 0.6 is 15.9 Å². The second-order valence-electron chi connectivity index (χ2n) is 4.20. The van der Waals surface area contributed by atoms with Crippen molar-refractivity contribution in [3.8, 4) is 0 Å². The number of anilines is 3. The van der Waals surface area contributed by atoms with Crippen molar-refractivity contribution < 1.29 is 0 Å². The second-order valence-corrected chi connectivity index (χ2v) is 5.11. The number of nitrogens with zero attached hydrogens (tertiary/aromatic N) is 3. The fourth-order valence-corrected chi connectivity index (χ4v) is 2.27. The van der Waals surface area contributed by atoms with Crippen molar-refractivity contribution >= 4 is 44.2 Å². The van der Waals surface area contributed by atoms with Gasteiger partial charge in [0.05, 0.1) is 23.6 Å². The summed E-state index contributed by atoms with van der Waals surface area (Å²) in [7, 11) is 1.81. The van der Waals surface area contributed by atoms with Crippen LogP contribution in [-0.2, 0) is 0 Å². The van der Waals surface area contributed by atoms with Crippen LogP contribution in [0.15, 0.2) is 47.3 Å². The fraction of sp³-hybridized carbons (Fsp3) is 0.0714. The number of rotatable bonds is 3. The summed E-state index contributed by atoms with van der Waals surface area (Å²) in [5.74, 6) is 1.39. The van der Waals surface area contributed by atoms with Crippen LogP contribution in [0, 0.1) is 0 Å². The van der Waals surface area contributed by atoms with Gasteiger partial charge in [-0.05, 0) is 28.1 Å². The molecule has 2 aromatic heterocycles. The molecule has 2 heterocycles. The van der Waals surface area contributed by atoms with Crippen molar-refractivity contribution in [2.45, 2.75) is 0 Å². The minimum absolute atomic E-state index is 0.675. The van der Waals surface area contributed by atoms with Gasteiger partial charge in [0.15, 0.2) is 5.82 Å². The number of fused-ring (bicyclic) bond motifs is 1. The summed E-state index contributed by atoms with van der Waals surface area (Å²) in [5.41, 5.74) is 1.80. The lowest BCUT2D eigenvalue weighted by Crippen LogP contribution is -1.99. The van der Waals surface area contributed by atoms with Crippen molar-refractivity contribution in [3.63, 3.8) is 0 Å². The Morgan fingerprint density at radius 1 is 1.10 bits per heavy atom. The molecule has 2 N–H and O–H groups in total.